The molecule has 128 valence electrons. The normalized spacial score (nSPS) is 10.6. The van der Waals surface area contributed by atoms with Crippen molar-refractivity contribution in [3.8, 4) is 0 Å². The lowest BCUT2D eigenvalue weighted by atomic mass is 10.2. The van der Waals surface area contributed by atoms with E-state index in [0.29, 0.717) is 11.2 Å². The predicted octanol–water partition coefficient (Wildman–Crippen LogP) is 3.59. The van der Waals surface area contributed by atoms with Gasteiger partial charge >= 0.3 is 0 Å². The summed E-state index contributed by atoms with van der Waals surface area (Å²) in [6.45, 7) is 0.725. The number of hydrogen-bond donors (Lipinski definition) is 2. The van der Waals surface area contributed by atoms with E-state index in [2.05, 4.69) is 20.8 Å². The quantitative estimate of drug-likeness (QED) is 0.581. The molecule has 0 saturated heterocycles. The van der Waals surface area contributed by atoms with Gasteiger partial charge in [0.1, 0.15) is 6.33 Å². The third-order valence-corrected chi connectivity index (χ3v) is 4.04. The summed E-state index contributed by atoms with van der Waals surface area (Å²) >= 11 is 0. The van der Waals surface area contributed by atoms with Crippen molar-refractivity contribution in [3.63, 3.8) is 0 Å². The number of carbonyl (C=O) groups excluding carboxylic acids is 1. The number of aromatic nitrogens is 3. The second-order valence-electron chi connectivity index (χ2n) is 5.88. The van der Waals surface area contributed by atoms with Gasteiger partial charge in [-0.25, -0.2) is 0 Å². The molecular formula is C20H17N5O. The SMILES string of the molecule is O=C(Nc1ccc(CNc2ccccc2)cc1)c1ccc2nncn2c1. The van der Waals surface area contributed by atoms with Crippen LogP contribution in [0.4, 0.5) is 11.4 Å². The Balaban J connectivity index is 1.39. The predicted molar refractivity (Wildman–Crippen MR) is 101 cm³/mol. The average Bonchev–Trinajstić information content (AvgIpc) is 3.16. The zero-order valence-electron chi connectivity index (χ0n) is 14.0. The summed E-state index contributed by atoms with van der Waals surface area (Å²) in [6, 6.07) is 21.3. The molecule has 6 heteroatoms. The molecule has 2 aromatic heterocycles. The molecule has 6 nitrogen and oxygen atoms in total. The lowest BCUT2D eigenvalue weighted by Gasteiger charge is -2.09. The minimum Gasteiger partial charge on any atom is -0.381 e. The summed E-state index contributed by atoms with van der Waals surface area (Å²) in [6.07, 6.45) is 3.28. The lowest BCUT2D eigenvalue weighted by Crippen LogP contribution is -2.12. The highest BCUT2D eigenvalue weighted by Gasteiger charge is 2.07. The molecule has 0 bridgehead atoms. The highest BCUT2D eigenvalue weighted by molar-refractivity contribution is 6.04. The Morgan fingerprint density at radius 2 is 1.73 bits per heavy atom. The molecule has 0 aliphatic carbocycles. The maximum Gasteiger partial charge on any atom is 0.257 e. The Morgan fingerprint density at radius 3 is 2.54 bits per heavy atom. The molecule has 2 heterocycles. The molecule has 0 unspecified atom stereocenters. The van der Waals surface area contributed by atoms with Crippen LogP contribution in [0.5, 0.6) is 0 Å². The van der Waals surface area contributed by atoms with Crippen molar-refractivity contribution >= 4 is 22.9 Å². The number of pyridine rings is 1. The number of para-hydroxylation sites is 1. The highest BCUT2D eigenvalue weighted by atomic mass is 16.1. The van der Waals surface area contributed by atoms with Gasteiger partial charge in [0, 0.05) is 24.1 Å². The molecule has 0 aliphatic heterocycles. The van der Waals surface area contributed by atoms with Crippen LogP contribution in [0.25, 0.3) is 5.65 Å². The van der Waals surface area contributed by atoms with E-state index >= 15 is 0 Å². The van der Waals surface area contributed by atoms with Gasteiger partial charge in [-0.15, -0.1) is 10.2 Å². The zero-order valence-corrected chi connectivity index (χ0v) is 14.0. The van der Waals surface area contributed by atoms with Crippen molar-refractivity contribution < 1.29 is 4.79 Å². The Hall–Kier alpha value is -3.67. The molecule has 0 aliphatic rings. The summed E-state index contributed by atoms with van der Waals surface area (Å²) in [5.74, 6) is -0.171. The minimum absolute atomic E-state index is 0.171. The van der Waals surface area contributed by atoms with Gasteiger partial charge in [0.05, 0.1) is 5.56 Å². The second-order valence-corrected chi connectivity index (χ2v) is 5.88. The number of hydrogen-bond acceptors (Lipinski definition) is 4. The number of carbonyl (C=O) groups is 1. The summed E-state index contributed by atoms with van der Waals surface area (Å²) in [5.41, 5.74) is 4.22. The summed E-state index contributed by atoms with van der Waals surface area (Å²) in [7, 11) is 0. The standard InChI is InChI=1S/C20H17N5O/c26-20(16-8-11-19-24-22-14-25(19)13-16)23-18-9-6-15(7-10-18)12-21-17-4-2-1-3-5-17/h1-11,13-14,21H,12H2,(H,23,26). The van der Waals surface area contributed by atoms with E-state index < -0.39 is 0 Å². The van der Waals surface area contributed by atoms with Gasteiger partial charge in [-0.3, -0.25) is 9.20 Å². The van der Waals surface area contributed by atoms with Gasteiger partial charge in [-0.1, -0.05) is 30.3 Å². The number of anilines is 2. The van der Waals surface area contributed by atoms with E-state index in [1.807, 2.05) is 54.6 Å². The fourth-order valence-electron chi connectivity index (χ4n) is 2.63. The molecule has 0 atom stereocenters. The third-order valence-electron chi connectivity index (χ3n) is 4.04. The van der Waals surface area contributed by atoms with Crippen LogP contribution in [0.3, 0.4) is 0 Å². The van der Waals surface area contributed by atoms with E-state index in [1.54, 1.807) is 29.1 Å². The fourth-order valence-corrected chi connectivity index (χ4v) is 2.63. The van der Waals surface area contributed by atoms with Crippen LogP contribution < -0.4 is 10.6 Å². The second kappa shape index (κ2) is 7.06. The summed E-state index contributed by atoms with van der Waals surface area (Å²) in [5, 5.41) is 14.0. The zero-order chi connectivity index (χ0) is 17.8. The Labute approximate surface area is 150 Å². The first-order chi connectivity index (χ1) is 12.8. The maximum absolute atomic E-state index is 12.4. The van der Waals surface area contributed by atoms with Crippen LogP contribution in [0.2, 0.25) is 0 Å². The van der Waals surface area contributed by atoms with Crippen LogP contribution in [-0.2, 0) is 6.54 Å². The highest BCUT2D eigenvalue weighted by Crippen LogP contribution is 2.14. The molecule has 2 N–H and O–H groups in total. The van der Waals surface area contributed by atoms with E-state index in [1.165, 1.54) is 0 Å². The van der Waals surface area contributed by atoms with Gasteiger partial charge in [-0.2, -0.15) is 0 Å². The Morgan fingerprint density at radius 1 is 0.923 bits per heavy atom. The van der Waals surface area contributed by atoms with Crippen LogP contribution in [0, 0.1) is 0 Å². The van der Waals surface area contributed by atoms with E-state index in [-0.39, 0.29) is 5.91 Å². The molecule has 4 rings (SSSR count). The molecule has 0 radical (unpaired) electrons. The molecule has 2 aromatic carbocycles. The number of fused-ring (bicyclic) bond motifs is 1. The summed E-state index contributed by atoms with van der Waals surface area (Å²) < 4.78 is 1.72. The van der Waals surface area contributed by atoms with Crippen molar-refractivity contribution in [1.82, 2.24) is 14.6 Å². The number of amides is 1. The Bertz CT molecular complexity index is 1020. The number of nitrogens with one attached hydrogen (secondary N) is 2. The molecule has 1 amide bonds. The lowest BCUT2D eigenvalue weighted by molar-refractivity contribution is 0.102. The number of benzene rings is 2. The fraction of sp³-hybridized carbons (Fsp3) is 0.0500. The summed E-state index contributed by atoms with van der Waals surface area (Å²) in [4.78, 5) is 12.4. The molecular weight excluding hydrogens is 326 g/mol. The van der Waals surface area contributed by atoms with Gasteiger partial charge in [-0.05, 0) is 42.0 Å². The minimum atomic E-state index is -0.171. The number of nitrogens with zero attached hydrogens (tertiary/aromatic N) is 3. The number of rotatable bonds is 5. The molecule has 0 fully saturated rings. The third kappa shape index (κ3) is 3.54. The van der Waals surface area contributed by atoms with Crippen molar-refractivity contribution in [2.75, 3.05) is 10.6 Å². The average molecular weight is 343 g/mol. The first kappa shape index (κ1) is 15.8. The first-order valence-electron chi connectivity index (χ1n) is 8.26. The largest absolute Gasteiger partial charge is 0.381 e. The molecule has 0 spiro atoms. The maximum atomic E-state index is 12.4. The van der Waals surface area contributed by atoms with Gasteiger partial charge in [0.25, 0.3) is 5.91 Å². The molecule has 26 heavy (non-hydrogen) atoms. The van der Waals surface area contributed by atoms with Crippen LogP contribution in [0.15, 0.2) is 79.3 Å². The van der Waals surface area contributed by atoms with Crippen molar-refractivity contribution in [1.29, 1.82) is 0 Å². The smallest absolute Gasteiger partial charge is 0.257 e. The first-order valence-corrected chi connectivity index (χ1v) is 8.26. The Kier molecular flexibility index (Phi) is 4.30. The van der Waals surface area contributed by atoms with Gasteiger partial charge in [0.2, 0.25) is 0 Å². The molecule has 0 saturated carbocycles. The van der Waals surface area contributed by atoms with Crippen LogP contribution >= 0.6 is 0 Å². The van der Waals surface area contributed by atoms with Gasteiger partial charge < -0.3 is 10.6 Å². The monoisotopic (exact) mass is 343 g/mol. The van der Waals surface area contributed by atoms with Crippen molar-refractivity contribution in [3.05, 3.63) is 90.4 Å². The van der Waals surface area contributed by atoms with E-state index in [9.17, 15) is 4.79 Å². The van der Waals surface area contributed by atoms with E-state index in [4.69, 9.17) is 0 Å². The molecule has 4 aromatic rings. The van der Waals surface area contributed by atoms with Crippen LogP contribution in [0.1, 0.15) is 15.9 Å². The van der Waals surface area contributed by atoms with Crippen LogP contribution in [-0.4, -0.2) is 20.5 Å². The topological polar surface area (TPSA) is 71.3 Å². The van der Waals surface area contributed by atoms with Crippen molar-refractivity contribution in [2.24, 2.45) is 0 Å². The van der Waals surface area contributed by atoms with Gasteiger partial charge in [0.15, 0.2) is 5.65 Å². The van der Waals surface area contributed by atoms with Crippen molar-refractivity contribution in [2.45, 2.75) is 6.54 Å². The van der Waals surface area contributed by atoms with E-state index in [0.717, 1.165) is 23.5 Å².